The highest BCUT2D eigenvalue weighted by Crippen LogP contribution is 2.35. The average molecular weight is 155 g/mol. The smallest absolute Gasteiger partial charge is 0.0502 e. The summed E-state index contributed by atoms with van der Waals surface area (Å²) >= 11 is 0. The molecule has 0 nitrogen and oxygen atoms in total. The fourth-order valence-corrected chi connectivity index (χ4v) is 3.86. The van der Waals surface area contributed by atoms with E-state index >= 15 is 0 Å². The zero-order valence-corrected chi connectivity index (χ0v) is 8.32. The summed E-state index contributed by atoms with van der Waals surface area (Å²) in [6.45, 7) is 9.14. The van der Waals surface area contributed by atoms with Gasteiger partial charge in [-0.25, -0.2) is 0 Å². The van der Waals surface area contributed by atoms with Crippen molar-refractivity contribution >= 4 is 8.07 Å². The van der Waals surface area contributed by atoms with Gasteiger partial charge < -0.3 is 0 Å². The summed E-state index contributed by atoms with van der Waals surface area (Å²) < 4.78 is 0. The zero-order valence-electron chi connectivity index (χ0n) is 7.32. The second-order valence-electron chi connectivity index (χ2n) is 4.32. The molecule has 0 amide bonds. The summed E-state index contributed by atoms with van der Waals surface area (Å²) in [5, 5.41) is 0. The van der Waals surface area contributed by atoms with Gasteiger partial charge in [0, 0.05) is 0 Å². The van der Waals surface area contributed by atoms with E-state index in [0.29, 0.717) is 0 Å². The summed E-state index contributed by atoms with van der Waals surface area (Å²) in [5.74, 6) is 0. The maximum absolute atomic E-state index is 4.33. The standard InChI is InChI=1S/C9H19Si/c1-10(2,3)9-7-5-4-6-8-9/h9H,1,4-8H2,2-3H3. The lowest BCUT2D eigenvalue weighted by molar-refractivity contribution is 0.494. The van der Waals surface area contributed by atoms with Crippen molar-refractivity contribution in [3.8, 4) is 0 Å². The van der Waals surface area contributed by atoms with Crippen LogP contribution in [0, 0.1) is 6.55 Å². The highest BCUT2D eigenvalue weighted by molar-refractivity contribution is 6.80. The summed E-state index contributed by atoms with van der Waals surface area (Å²) in [6.07, 6.45) is 7.36. The monoisotopic (exact) mass is 155 g/mol. The molecule has 0 spiro atoms. The maximum atomic E-state index is 4.33. The van der Waals surface area contributed by atoms with Gasteiger partial charge in [0.2, 0.25) is 0 Å². The van der Waals surface area contributed by atoms with E-state index in [-0.39, 0.29) is 0 Å². The van der Waals surface area contributed by atoms with E-state index in [1.807, 2.05) is 0 Å². The van der Waals surface area contributed by atoms with Crippen molar-refractivity contribution in [3.63, 3.8) is 0 Å². The Balaban J connectivity index is 2.39. The molecule has 0 aliphatic heterocycles. The van der Waals surface area contributed by atoms with Crippen molar-refractivity contribution in [2.24, 2.45) is 0 Å². The van der Waals surface area contributed by atoms with E-state index in [2.05, 4.69) is 19.6 Å². The SMILES string of the molecule is [CH2][Si](C)(C)C1CCCCC1. The molecular formula is C9H19Si. The number of hydrogen-bond acceptors (Lipinski definition) is 0. The molecule has 0 aromatic rings. The molecule has 0 heterocycles. The first-order valence-corrected chi connectivity index (χ1v) is 7.74. The molecule has 0 aromatic heterocycles. The Kier molecular flexibility index (Phi) is 2.56. The fourth-order valence-electron chi connectivity index (χ4n) is 1.88. The molecule has 0 saturated heterocycles. The van der Waals surface area contributed by atoms with E-state index < -0.39 is 8.07 Å². The van der Waals surface area contributed by atoms with Crippen LogP contribution in [0.25, 0.3) is 0 Å². The Bertz CT molecular complexity index is 95.8. The van der Waals surface area contributed by atoms with Gasteiger partial charge >= 0.3 is 0 Å². The first-order chi connectivity index (χ1) is 4.61. The first kappa shape index (κ1) is 8.31. The molecule has 0 aromatic carbocycles. The molecular weight excluding hydrogens is 136 g/mol. The highest BCUT2D eigenvalue weighted by Gasteiger charge is 2.27. The quantitative estimate of drug-likeness (QED) is 0.509. The van der Waals surface area contributed by atoms with Gasteiger partial charge in [-0.3, -0.25) is 0 Å². The zero-order chi connectivity index (χ0) is 7.61. The highest BCUT2D eigenvalue weighted by atomic mass is 28.3. The Morgan fingerprint density at radius 3 is 1.90 bits per heavy atom. The minimum atomic E-state index is -1.01. The third kappa shape index (κ3) is 2.12. The van der Waals surface area contributed by atoms with Crippen LogP contribution < -0.4 is 0 Å². The van der Waals surface area contributed by atoms with Crippen LogP contribution in [0.2, 0.25) is 18.6 Å². The Labute approximate surface area is 66.0 Å². The van der Waals surface area contributed by atoms with Gasteiger partial charge in [0.25, 0.3) is 0 Å². The summed E-state index contributed by atoms with van der Waals surface area (Å²) in [4.78, 5) is 0. The van der Waals surface area contributed by atoms with E-state index in [4.69, 9.17) is 0 Å². The molecule has 0 N–H and O–H groups in total. The summed E-state index contributed by atoms with van der Waals surface area (Å²) in [7, 11) is -1.01. The van der Waals surface area contributed by atoms with Crippen LogP contribution in [0.1, 0.15) is 32.1 Å². The maximum Gasteiger partial charge on any atom is 0.0502 e. The second kappa shape index (κ2) is 3.08. The van der Waals surface area contributed by atoms with Crippen molar-refractivity contribution in [2.75, 3.05) is 0 Å². The van der Waals surface area contributed by atoms with Crippen molar-refractivity contribution in [1.82, 2.24) is 0 Å². The van der Waals surface area contributed by atoms with Gasteiger partial charge in [-0.15, -0.1) is 0 Å². The van der Waals surface area contributed by atoms with Crippen LogP contribution in [-0.2, 0) is 0 Å². The van der Waals surface area contributed by atoms with Crippen LogP contribution in [0.3, 0.4) is 0 Å². The molecule has 1 rings (SSSR count). The predicted molar refractivity (Wildman–Crippen MR) is 49.7 cm³/mol. The van der Waals surface area contributed by atoms with Gasteiger partial charge in [-0.05, 0) is 5.54 Å². The molecule has 1 aliphatic carbocycles. The van der Waals surface area contributed by atoms with Crippen LogP contribution in [0.4, 0.5) is 0 Å². The molecule has 10 heavy (non-hydrogen) atoms. The van der Waals surface area contributed by atoms with E-state index in [0.717, 1.165) is 5.54 Å². The predicted octanol–water partition coefficient (Wildman–Crippen LogP) is 3.40. The molecule has 0 bridgehead atoms. The molecule has 0 atom stereocenters. The molecule has 1 heteroatoms. The summed E-state index contributed by atoms with van der Waals surface area (Å²) in [6, 6.07) is 0. The lowest BCUT2D eigenvalue weighted by Gasteiger charge is -2.31. The lowest BCUT2D eigenvalue weighted by atomic mass is 10.0. The molecule has 59 valence electrons. The first-order valence-electron chi connectivity index (χ1n) is 4.46. The molecule has 1 saturated carbocycles. The Morgan fingerprint density at radius 2 is 1.60 bits per heavy atom. The van der Waals surface area contributed by atoms with Gasteiger partial charge in [-0.1, -0.05) is 51.7 Å². The third-order valence-corrected chi connectivity index (χ3v) is 5.50. The van der Waals surface area contributed by atoms with Crippen LogP contribution in [0.15, 0.2) is 0 Å². The molecule has 1 fully saturated rings. The third-order valence-electron chi connectivity index (χ3n) is 2.71. The van der Waals surface area contributed by atoms with E-state index in [1.165, 1.54) is 32.1 Å². The normalized spacial score (nSPS) is 23.1. The van der Waals surface area contributed by atoms with Crippen molar-refractivity contribution in [2.45, 2.75) is 50.7 Å². The van der Waals surface area contributed by atoms with Gasteiger partial charge in [-0.2, -0.15) is 0 Å². The van der Waals surface area contributed by atoms with Gasteiger partial charge in [0.1, 0.15) is 0 Å². The minimum Gasteiger partial charge on any atom is -0.0692 e. The molecule has 1 aliphatic rings. The largest absolute Gasteiger partial charge is 0.0692 e. The molecule has 1 radical (unpaired) electrons. The van der Waals surface area contributed by atoms with Gasteiger partial charge in [0.05, 0.1) is 8.07 Å². The van der Waals surface area contributed by atoms with Crippen LogP contribution in [0.5, 0.6) is 0 Å². The Hall–Kier alpha value is 0.217. The van der Waals surface area contributed by atoms with Crippen LogP contribution >= 0.6 is 0 Å². The van der Waals surface area contributed by atoms with Crippen LogP contribution in [-0.4, -0.2) is 8.07 Å². The lowest BCUT2D eigenvalue weighted by Crippen LogP contribution is -2.30. The fraction of sp³-hybridized carbons (Fsp3) is 0.889. The average Bonchev–Trinajstić information content (AvgIpc) is 1.88. The second-order valence-corrected chi connectivity index (χ2v) is 9.12. The topological polar surface area (TPSA) is 0 Å². The molecule has 0 unspecified atom stereocenters. The minimum absolute atomic E-state index is 1.01. The van der Waals surface area contributed by atoms with Crippen molar-refractivity contribution in [1.29, 1.82) is 0 Å². The number of hydrogen-bond donors (Lipinski definition) is 0. The Morgan fingerprint density at radius 1 is 1.10 bits per heavy atom. The van der Waals surface area contributed by atoms with E-state index in [1.54, 1.807) is 0 Å². The summed E-state index contributed by atoms with van der Waals surface area (Å²) in [5.41, 5.74) is 1.03. The van der Waals surface area contributed by atoms with E-state index in [9.17, 15) is 0 Å². The van der Waals surface area contributed by atoms with Gasteiger partial charge in [0.15, 0.2) is 0 Å². The number of rotatable bonds is 1. The van der Waals surface area contributed by atoms with Crippen molar-refractivity contribution in [3.05, 3.63) is 6.55 Å². The van der Waals surface area contributed by atoms with Crippen molar-refractivity contribution < 1.29 is 0 Å².